The van der Waals surface area contributed by atoms with Crippen molar-refractivity contribution in [1.29, 1.82) is 0 Å². The molecule has 0 unspecified atom stereocenters. The summed E-state index contributed by atoms with van der Waals surface area (Å²) in [5.74, 6) is 1.01. The zero-order valence-electron chi connectivity index (χ0n) is 17.0. The Bertz CT molecular complexity index is 1330. The highest BCUT2D eigenvalue weighted by Gasteiger charge is 2.32. The van der Waals surface area contributed by atoms with Crippen LogP contribution in [0, 0.1) is 5.92 Å². The van der Waals surface area contributed by atoms with Crippen molar-refractivity contribution in [2.75, 3.05) is 31.6 Å². The second kappa shape index (κ2) is 8.18. The molecule has 1 aromatic carbocycles. The van der Waals surface area contributed by atoms with Gasteiger partial charge in [0.25, 0.3) is 0 Å². The molecule has 4 aromatic rings. The van der Waals surface area contributed by atoms with Crippen LogP contribution >= 0.6 is 34.5 Å². The molecule has 0 bridgehead atoms. The zero-order chi connectivity index (χ0) is 21.7. The molecule has 4 heterocycles. The molecule has 1 N–H and O–H groups in total. The molecule has 1 aliphatic heterocycles. The quantitative estimate of drug-likeness (QED) is 0.466. The average molecular weight is 487 g/mol. The van der Waals surface area contributed by atoms with Crippen molar-refractivity contribution in [2.24, 2.45) is 5.92 Å². The third-order valence-electron chi connectivity index (χ3n) is 6.11. The number of morpholine rings is 1. The van der Waals surface area contributed by atoms with E-state index in [9.17, 15) is 4.79 Å². The van der Waals surface area contributed by atoms with Crippen molar-refractivity contribution in [1.82, 2.24) is 24.5 Å². The largest absolute Gasteiger partial charge is 0.378 e. The molecular formula is C21H19ClN6O2S2. The smallest absolute Gasteiger partial charge is 0.226 e. The van der Waals surface area contributed by atoms with Gasteiger partial charge in [-0.05, 0) is 48.5 Å². The van der Waals surface area contributed by atoms with Gasteiger partial charge in [0.1, 0.15) is 22.5 Å². The molecule has 1 aliphatic carbocycles. The van der Waals surface area contributed by atoms with Crippen LogP contribution in [0.15, 0.2) is 18.5 Å². The molecule has 1 amide bonds. The van der Waals surface area contributed by atoms with E-state index in [0.29, 0.717) is 31.3 Å². The van der Waals surface area contributed by atoms with Gasteiger partial charge in [-0.25, -0.2) is 9.97 Å². The lowest BCUT2D eigenvalue weighted by molar-refractivity contribution is -0.140. The second-order valence-electron chi connectivity index (χ2n) is 7.98. The van der Waals surface area contributed by atoms with Crippen LogP contribution in [0.3, 0.4) is 0 Å². The predicted molar refractivity (Wildman–Crippen MR) is 126 cm³/mol. The number of hydrogen-bond donors (Lipinski definition) is 1. The summed E-state index contributed by atoms with van der Waals surface area (Å²) < 4.78 is 10.3. The van der Waals surface area contributed by atoms with Crippen LogP contribution in [0.4, 0.5) is 11.5 Å². The summed E-state index contributed by atoms with van der Waals surface area (Å²) in [5, 5.41) is 9.08. The number of amides is 1. The highest BCUT2D eigenvalue weighted by molar-refractivity contribution is 7.19. The van der Waals surface area contributed by atoms with Gasteiger partial charge in [0, 0.05) is 23.9 Å². The van der Waals surface area contributed by atoms with E-state index in [0.717, 1.165) is 51.2 Å². The number of carbonyl (C=O) groups excluding carboxylic acids is 1. The monoisotopic (exact) mass is 486 g/mol. The lowest BCUT2D eigenvalue weighted by Gasteiger charge is -2.31. The number of rotatable bonds is 3. The van der Waals surface area contributed by atoms with Crippen LogP contribution in [-0.4, -0.2) is 56.7 Å². The van der Waals surface area contributed by atoms with Crippen molar-refractivity contribution in [2.45, 2.75) is 19.3 Å². The highest BCUT2D eigenvalue weighted by atomic mass is 35.5. The Hall–Kier alpha value is -2.40. The van der Waals surface area contributed by atoms with Crippen LogP contribution in [-0.2, 0) is 22.4 Å². The molecule has 164 valence electrons. The number of aromatic nitrogens is 4. The van der Waals surface area contributed by atoms with Crippen LogP contribution < -0.4 is 5.32 Å². The van der Waals surface area contributed by atoms with Crippen LogP contribution in [0.1, 0.15) is 16.9 Å². The van der Waals surface area contributed by atoms with Gasteiger partial charge >= 0.3 is 0 Å². The summed E-state index contributed by atoms with van der Waals surface area (Å²) in [6.45, 7) is 2.63. The standard InChI is InChI=1S/C21H19ClN6O2S2/c22-13-8-15-17(32-27-26-15)9-14(13)25-19-18-12-2-1-11(21(29)28-3-5-30-6-4-28)7-16(12)31-20(18)24-10-23-19/h8-11H,1-7H2,(H,23,24,25)/t11-/m0/s1. The average Bonchev–Trinajstić information content (AvgIpc) is 3.43. The number of hydrogen-bond acceptors (Lipinski definition) is 9. The fourth-order valence-corrected chi connectivity index (χ4v) is 6.54. The Labute approximate surface area is 196 Å². The summed E-state index contributed by atoms with van der Waals surface area (Å²) >= 11 is 9.48. The number of halogens is 1. The van der Waals surface area contributed by atoms with Gasteiger partial charge in [-0.1, -0.05) is 16.1 Å². The first-order valence-corrected chi connectivity index (χ1v) is 12.4. The van der Waals surface area contributed by atoms with Gasteiger partial charge in [-0.15, -0.1) is 16.4 Å². The number of nitrogens with one attached hydrogen (secondary N) is 1. The van der Waals surface area contributed by atoms with E-state index < -0.39 is 0 Å². The molecule has 3 aromatic heterocycles. The molecule has 6 rings (SSSR count). The van der Waals surface area contributed by atoms with Gasteiger partial charge in [0.05, 0.1) is 34.0 Å². The third-order valence-corrected chi connectivity index (χ3v) is 8.27. The number of carbonyl (C=O) groups is 1. The van der Waals surface area contributed by atoms with Crippen molar-refractivity contribution in [3.8, 4) is 0 Å². The lowest BCUT2D eigenvalue weighted by atomic mass is 9.86. The van der Waals surface area contributed by atoms with E-state index in [2.05, 4.69) is 24.9 Å². The number of nitrogens with zero attached hydrogens (tertiary/aromatic N) is 5. The minimum Gasteiger partial charge on any atom is -0.378 e. The van der Waals surface area contributed by atoms with Gasteiger partial charge in [-0.2, -0.15) is 0 Å². The van der Waals surface area contributed by atoms with Gasteiger partial charge in [0.15, 0.2) is 0 Å². The predicted octanol–water partition coefficient (Wildman–Crippen LogP) is 4.06. The Morgan fingerprint density at radius 2 is 2.12 bits per heavy atom. The molecule has 0 saturated carbocycles. The molecule has 11 heteroatoms. The molecule has 8 nitrogen and oxygen atoms in total. The Balaban J connectivity index is 1.32. The summed E-state index contributed by atoms with van der Waals surface area (Å²) in [6, 6.07) is 3.76. The van der Waals surface area contributed by atoms with Gasteiger partial charge in [0.2, 0.25) is 5.91 Å². The summed E-state index contributed by atoms with van der Waals surface area (Å²) in [7, 11) is 0. The Morgan fingerprint density at radius 3 is 3.00 bits per heavy atom. The molecule has 0 spiro atoms. The first kappa shape index (κ1) is 20.2. The molecule has 32 heavy (non-hydrogen) atoms. The minimum atomic E-state index is 0.0220. The molecule has 1 fully saturated rings. The SMILES string of the molecule is O=C([C@H]1CCc2c(sc3ncnc(Nc4cc5snnc5cc4Cl)c23)C1)N1CCOCC1. The third kappa shape index (κ3) is 3.51. The molecular weight excluding hydrogens is 468 g/mol. The van der Waals surface area contributed by atoms with E-state index in [1.807, 2.05) is 17.0 Å². The Morgan fingerprint density at radius 1 is 1.25 bits per heavy atom. The van der Waals surface area contributed by atoms with Crippen molar-refractivity contribution in [3.63, 3.8) is 0 Å². The zero-order valence-corrected chi connectivity index (χ0v) is 19.4. The fraction of sp³-hybridized carbons (Fsp3) is 0.381. The number of aryl methyl sites for hydroxylation is 1. The summed E-state index contributed by atoms with van der Waals surface area (Å²) in [6.07, 6.45) is 4.00. The first-order chi connectivity index (χ1) is 15.7. The van der Waals surface area contributed by atoms with Crippen molar-refractivity contribution < 1.29 is 9.53 Å². The number of anilines is 2. The summed E-state index contributed by atoms with van der Waals surface area (Å²) in [4.78, 5) is 26.2. The molecule has 1 atom stereocenters. The van der Waals surface area contributed by atoms with E-state index >= 15 is 0 Å². The number of ether oxygens (including phenoxy) is 1. The van der Waals surface area contributed by atoms with E-state index in [1.54, 1.807) is 17.7 Å². The number of fused-ring (bicyclic) bond motifs is 4. The lowest BCUT2D eigenvalue weighted by Crippen LogP contribution is -2.44. The van der Waals surface area contributed by atoms with Crippen molar-refractivity contribution in [3.05, 3.63) is 33.9 Å². The van der Waals surface area contributed by atoms with Crippen molar-refractivity contribution >= 4 is 72.3 Å². The fourth-order valence-electron chi connectivity index (χ4n) is 4.48. The number of benzene rings is 1. The van der Waals surface area contributed by atoms with Crippen LogP contribution in [0.5, 0.6) is 0 Å². The first-order valence-electron chi connectivity index (χ1n) is 10.5. The Kier molecular flexibility index (Phi) is 5.17. The highest BCUT2D eigenvalue weighted by Crippen LogP contribution is 2.41. The van der Waals surface area contributed by atoms with E-state index in [-0.39, 0.29) is 11.8 Å². The summed E-state index contributed by atoms with van der Waals surface area (Å²) in [5.41, 5.74) is 2.79. The minimum absolute atomic E-state index is 0.0220. The second-order valence-corrected chi connectivity index (χ2v) is 10.3. The molecule has 1 saturated heterocycles. The molecule has 2 aliphatic rings. The normalized spacial score (nSPS) is 18.8. The topological polar surface area (TPSA) is 93.1 Å². The maximum absolute atomic E-state index is 13.0. The van der Waals surface area contributed by atoms with Crippen LogP contribution in [0.25, 0.3) is 20.4 Å². The number of thiophene rings is 1. The van der Waals surface area contributed by atoms with Gasteiger partial charge in [-0.3, -0.25) is 4.79 Å². The van der Waals surface area contributed by atoms with Gasteiger partial charge < -0.3 is 15.0 Å². The molecule has 0 radical (unpaired) electrons. The van der Waals surface area contributed by atoms with Crippen LogP contribution in [0.2, 0.25) is 5.02 Å². The van der Waals surface area contributed by atoms with E-state index in [1.165, 1.54) is 22.0 Å². The maximum atomic E-state index is 13.0. The van der Waals surface area contributed by atoms with E-state index in [4.69, 9.17) is 16.3 Å². The maximum Gasteiger partial charge on any atom is 0.226 e.